The molecule has 0 atom stereocenters. The van der Waals surface area contributed by atoms with Crippen molar-refractivity contribution in [1.82, 2.24) is 9.97 Å². The number of fused-ring (bicyclic) bond motifs is 1. The van der Waals surface area contributed by atoms with Gasteiger partial charge in [-0.25, -0.2) is 13.8 Å². The van der Waals surface area contributed by atoms with Crippen LogP contribution >= 0.6 is 0 Å². The number of benzene rings is 3. The maximum absolute atomic E-state index is 13.5. The number of amides is 2. The van der Waals surface area contributed by atoms with E-state index >= 15 is 0 Å². The summed E-state index contributed by atoms with van der Waals surface area (Å²) in [4.78, 5) is 32.2. The highest BCUT2D eigenvalue weighted by atomic mass is 19.2. The molecule has 0 aliphatic heterocycles. The van der Waals surface area contributed by atoms with Crippen molar-refractivity contribution in [3.05, 3.63) is 119 Å². The third-order valence-corrected chi connectivity index (χ3v) is 6.06. The van der Waals surface area contributed by atoms with Gasteiger partial charge in [-0.3, -0.25) is 9.59 Å². The maximum atomic E-state index is 13.5. The van der Waals surface area contributed by atoms with Crippen LogP contribution in [0.25, 0.3) is 33.8 Å². The SMILES string of the molecule is NC(=O)C(=Cc1c[nH]c2nc(NC(=O)Cc3ccc(-c4ccc(F)c(F)c4)cc3)ccc12)c1ccccc1. The second-order valence-electron chi connectivity index (χ2n) is 8.68. The normalized spacial score (nSPS) is 11.5. The van der Waals surface area contributed by atoms with Crippen LogP contribution in [0.1, 0.15) is 16.7 Å². The Morgan fingerprint density at radius 1 is 0.895 bits per heavy atom. The molecule has 0 bridgehead atoms. The summed E-state index contributed by atoms with van der Waals surface area (Å²) in [5, 5.41) is 3.55. The lowest BCUT2D eigenvalue weighted by molar-refractivity contribution is -0.115. The van der Waals surface area contributed by atoms with Crippen LogP contribution in [0.3, 0.4) is 0 Å². The van der Waals surface area contributed by atoms with E-state index in [0.717, 1.165) is 28.6 Å². The zero-order valence-electron chi connectivity index (χ0n) is 20.0. The molecule has 0 aliphatic rings. The number of pyridine rings is 1. The second-order valence-corrected chi connectivity index (χ2v) is 8.68. The number of primary amides is 1. The fourth-order valence-corrected chi connectivity index (χ4v) is 4.15. The van der Waals surface area contributed by atoms with Crippen molar-refractivity contribution >= 4 is 40.3 Å². The lowest BCUT2D eigenvalue weighted by Gasteiger charge is -2.07. The second kappa shape index (κ2) is 10.5. The Morgan fingerprint density at radius 3 is 2.34 bits per heavy atom. The first-order chi connectivity index (χ1) is 18.4. The molecule has 0 aliphatic carbocycles. The van der Waals surface area contributed by atoms with Gasteiger partial charge in [0.15, 0.2) is 11.6 Å². The number of nitrogens with zero attached hydrogens (tertiary/aromatic N) is 1. The van der Waals surface area contributed by atoms with Crippen LogP contribution in [-0.2, 0) is 16.0 Å². The number of H-pyrrole nitrogens is 1. The number of aromatic nitrogens is 2. The van der Waals surface area contributed by atoms with Crippen LogP contribution in [0, 0.1) is 11.6 Å². The number of nitrogens with one attached hydrogen (secondary N) is 2. The average molecular weight is 509 g/mol. The van der Waals surface area contributed by atoms with Gasteiger partial charge in [0.1, 0.15) is 11.5 Å². The van der Waals surface area contributed by atoms with E-state index in [1.165, 1.54) is 6.07 Å². The Hall–Kier alpha value is -5.11. The molecule has 0 radical (unpaired) electrons. The van der Waals surface area contributed by atoms with Gasteiger partial charge in [0.05, 0.1) is 6.42 Å². The zero-order valence-corrected chi connectivity index (χ0v) is 20.0. The van der Waals surface area contributed by atoms with E-state index in [0.29, 0.717) is 33.7 Å². The van der Waals surface area contributed by atoms with Crippen LogP contribution < -0.4 is 11.1 Å². The lowest BCUT2D eigenvalue weighted by atomic mass is 10.0. The molecule has 2 amide bonds. The van der Waals surface area contributed by atoms with E-state index in [9.17, 15) is 18.4 Å². The number of halogens is 2. The van der Waals surface area contributed by atoms with Crippen LogP contribution in [0.4, 0.5) is 14.6 Å². The van der Waals surface area contributed by atoms with E-state index in [1.54, 1.807) is 48.7 Å². The number of nitrogens with two attached hydrogens (primary N) is 1. The molecule has 2 heterocycles. The third-order valence-electron chi connectivity index (χ3n) is 6.06. The predicted molar refractivity (Wildman–Crippen MR) is 144 cm³/mol. The van der Waals surface area contributed by atoms with Crippen LogP contribution in [0.5, 0.6) is 0 Å². The van der Waals surface area contributed by atoms with E-state index in [2.05, 4.69) is 15.3 Å². The zero-order chi connectivity index (χ0) is 26.6. The number of carbonyl (C=O) groups excluding carboxylic acids is 2. The van der Waals surface area contributed by atoms with Crippen molar-refractivity contribution in [2.24, 2.45) is 5.73 Å². The molecular weight excluding hydrogens is 486 g/mol. The van der Waals surface area contributed by atoms with Crippen molar-refractivity contribution < 1.29 is 18.4 Å². The Balaban J connectivity index is 1.29. The molecule has 2 aromatic heterocycles. The minimum absolute atomic E-state index is 0.107. The monoisotopic (exact) mass is 508 g/mol. The average Bonchev–Trinajstić information content (AvgIpc) is 3.31. The number of rotatable bonds is 7. The minimum atomic E-state index is -0.912. The van der Waals surface area contributed by atoms with E-state index in [1.807, 2.05) is 30.3 Å². The van der Waals surface area contributed by atoms with E-state index in [4.69, 9.17) is 5.73 Å². The molecular formula is C30H22F2N4O2. The molecule has 188 valence electrons. The molecule has 6 nitrogen and oxygen atoms in total. The number of anilines is 1. The molecule has 0 saturated carbocycles. The lowest BCUT2D eigenvalue weighted by Crippen LogP contribution is -2.15. The summed E-state index contributed by atoms with van der Waals surface area (Å²) in [5.41, 5.74) is 9.99. The Labute approximate surface area is 216 Å². The van der Waals surface area contributed by atoms with Gasteiger partial charge in [0, 0.05) is 22.7 Å². The fourth-order valence-electron chi connectivity index (χ4n) is 4.15. The van der Waals surface area contributed by atoms with E-state index in [-0.39, 0.29) is 12.3 Å². The summed E-state index contributed by atoms with van der Waals surface area (Å²) in [6, 6.07) is 23.4. The topological polar surface area (TPSA) is 101 Å². The summed E-state index contributed by atoms with van der Waals surface area (Å²) >= 11 is 0. The summed E-state index contributed by atoms with van der Waals surface area (Å²) in [6.07, 6.45) is 3.54. The van der Waals surface area contributed by atoms with Gasteiger partial charge in [0.25, 0.3) is 0 Å². The summed E-state index contributed by atoms with van der Waals surface area (Å²) in [5.74, 6) is -2.24. The van der Waals surface area contributed by atoms with Crippen LogP contribution in [0.15, 0.2) is 91.1 Å². The molecule has 0 fully saturated rings. The highest BCUT2D eigenvalue weighted by Gasteiger charge is 2.12. The third kappa shape index (κ3) is 5.34. The van der Waals surface area contributed by atoms with Crippen molar-refractivity contribution in [3.63, 3.8) is 0 Å². The van der Waals surface area contributed by atoms with Crippen LogP contribution in [-0.4, -0.2) is 21.8 Å². The number of hydrogen-bond acceptors (Lipinski definition) is 3. The summed E-state index contributed by atoms with van der Waals surface area (Å²) in [7, 11) is 0. The summed E-state index contributed by atoms with van der Waals surface area (Å²) in [6.45, 7) is 0. The number of aromatic amines is 1. The molecule has 3 aromatic carbocycles. The standard InChI is InChI=1S/C30H22F2N4O2/c31-25-12-10-21(16-26(25)32)19-8-6-18(7-9-19)14-28(37)35-27-13-11-23-22(17-34-30(23)36-27)15-24(29(33)38)20-4-2-1-3-5-20/h1-13,15-17H,14H2,(H2,33,38)(H2,34,35,36,37). The molecule has 5 rings (SSSR count). The largest absolute Gasteiger partial charge is 0.366 e. The quantitative estimate of drug-likeness (QED) is 0.245. The Morgan fingerprint density at radius 2 is 1.63 bits per heavy atom. The molecule has 4 N–H and O–H groups in total. The molecule has 5 aromatic rings. The fraction of sp³-hybridized carbons (Fsp3) is 0.0333. The van der Waals surface area contributed by atoms with E-state index < -0.39 is 17.5 Å². The highest BCUT2D eigenvalue weighted by molar-refractivity contribution is 6.24. The van der Waals surface area contributed by atoms with Gasteiger partial charge in [-0.15, -0.1) is 0 Å². The first kappa shape index (κ1) is 24.6. The van der Waals surface area contributed by atoms with Gasteiger partial charge >= 0.3 is 0 Å². The van der Waals surface area contributed by atoms with Gasteiger partial charge in [-0.05, 0) is 52.6 Å². The van der Waals surface area contributed by atoms with Crippen LogP contribution in [0.2, 0.25) is 0 Å². The number of carbonyl (C=O) groups is 2. The highest BCUT2D eigenvalue weighted by Crippen LogP contribution is 2.25. The van der Waals surface area contributed by atoms with Crippen molar-refractivity contribution in [3.8, 4) is 11.1 Å². The molecule has 0 unspecified atom stereocenters. The predicted octanol–water partition coefficient (Wildman–Crippen LogP) is 5.72. The van der Waals surface area contributed by atoms with Crippen molar-refractivity contribution in [2.75, 3.05) is 5.32 Å². The van der Waals surface area contributed by atoms with Gasteiger partial charge in [0.2, 0.25) is 11.8 Å². The first-order valence-corrected chi connectivity index (χ1v) is 11.8. The first-order valence-electron chi connectivity index (χ1n) is 11.8. The number of hydrogen-bond donors (Lipinski definition) is 3. The molecule has 38 heavy (non-hydrogen) atoms. The maximum Gasteiger partial charge on any atom is 0.249 e. The van der Waals surface area contributed by atoms with Crippen molar-refractivity contribution in [1.29, 1.82) is 0 Å². The Kier molecular flexibility index (Phi) is 6.78. The van der Waals surface area contributed by atoms with Gasteiger partial charge in [-0.2, -0.15) is 0 Å². The molecule has 0 saturated heterocycles. The van der Waals surface area contributed by atoms with Gasteiger partial charge in [-0.1, -0.05) is 60.7 Å². The van der Waals surface area contributed by atoms with Gasteiger partial charge < -0.3 is 16.0 Å². The molecule has 0 spiro atoms. The molecule has 8 heteroatoms. The summed E-state index contributed by atoms with van der Waals surface area (Å²) < 4.78 is 26.7. The smallest absolute Gasteiger partial charge is 0.249 e. The Bertz CT molecular complexity index is 1680. The minimum Gasteiger partial charge on any atom is -0.366 e. The van der Waals surface area contributed by atoms with Crippen molar-refractivity contribution in [2.45, 2.75) is 6.42 Å².